The number of alkyl halides is 3. The van der Waals surface area contributed by atoms with Crippen LogP contribution >= 0.6 is 0 Å². The molecule has 3 aromatic rings. The number of nitrogens with zero attached hydrogens (tertiary/aromatic N) is 4. The maximum absolute atomic E-state index is 12.9. The number of hydrogen-bond acceptors (Lipinski definition) is 6. The number of ether oxygens (including phenoxy) is 2. The van der Waals surface area contributed by atoms with Gasteiger partial charge in [-0.3, -0.25) is 4.79 Å². The molecular formula is C19H15F3N4O3. The predicted octanol–water partition coefficient (Wildman–Crippen LogP) is 3.40. The summed E-state index contributed by atoms with van der Waals surface area (Å²) in [5.74, 6) is 0.769. The van der Waals surface area contributed by atoms with Gasteiger partial charge >= 0.3 is 6.18 Å². The smallest absolute Gasteiger partial charge is 0.416 e. The summed E-state index contributed by atoms with van der Waals surface area (Å²) in [5, 5.41) is 11.5. The molecule has 0 N–H and O–H groups in total. The van der Waals surface area contributed by atoms with Crippen LogP contribution in [-0.2, 0) is 12.7 Å². The van der Waals surface area contributed by atoms with E-state index in [-0.39, 0.29) is 23.7 Å². The van der Waals surface area contributed by atoms with E-state index in [9.17, 15) is 18.0 Å². The number of carbonyl (C=O) groups is 1. The Labute approximate surface area is 163 Å². The van der Waals surface area contributed by atoms with Crippen molar-refractivity contribution in [1.29, 1.82) is 0 Å². The number of tetrazole rings is 1. The molecule has 0 unspecified atom stereocenters. The first-order chi connectivity index (χ1) is 13.9. The van der Waals surface area contributed by atoms with Gasteiger partial charge in [-0.2, -0.15) is 18.0 Å². The number of hydrogen-bond donors (Lipinski definition) is 0. The largest absolute Gasteiger partial charge is 0.490 e. The van der Waals surface area contributed by atoms with E-state index >= 15 is 0 Å². The van der Waals surface area contributed by atoms with Gasteiger partial charge in [-0.15, -0.1) is 10.2 Å². The average molecular weight is 404 g/mol. The Morgan fingerprint density at radius 2 is 1.86 bits per heavy atom. The Balaban J connectivity index is 1.51. The number of carbonyl (C=O) groups excluding carboxylic acids is 1. The standard InChI is InChI=1S/C19H15F3N4O3/c20-19(21,22)14-4-1-3-13(9-14)18-23-25-26(24-18)11-15(27)12-5-6-16-17(10-12)29-8-2-7-28-16/h1,3-6,9-10H,2,7-8,11H2. The molecule has 0 saturated carbocycles. The van der Waals surface area contributed by atoms with Gasteiger partial charge in [0.25, 0.3) is 0 Å². The van der Waals surface area contributed by atoms with Crippen molar-refractivity contribution in [3.8, 4) is 22.9 Å². The second-order valence-corrected chi connectivity index (χ2v) is 6.36. The van der Waals surface area contributed by atoms with Crippen LogP contribution in [0.2, 0.25) is 0 Å². The minimum atomic E-state index is -4.47. The lowest BCUT2D eigenvalue weighted by molar-refractivity contribution is -0.137. The highest BCUT2D eigenvalue weighted by Gasteiger charge is 2.30. The van der Waals surface area contributed by atoms with Crippen molar-refractivity contribution in [2.24, 2.45) is 0 Å². The van der Waals surface area contributed by atoms with Gasteiger partial charge in [0.1, 0.15) is 6.54 Å². The van der Waals surface area contributed by atoms with Crippen LogP contribution in [0.15, 0.2) is 42.5 Å². The SMILES string of the molecule is O=C(Cn1nnc(-c2cccc(C(F)(F)F)c2)n1)c1ccc2c(c1)OCCCO2. The second-order valence-electron chi connectivity index (χ2n) is 6.36. The molecule has 0 spiro atoms. The first-order valence-corrected chi connectivity index (χ1v) is 8.78. The molecule has 2 heterocycles. The summed E-state index contributed by atoms with van der Waals surface area (Å²) < 4.78 is 49.7. The van der Waals surface area contributed by atoms with Gasteiger partial charge in [-0.1, -0.05) is 12.1 Å². The Bertz CT molecular complexity index is 1050. The summed E-state index contributed by atoms with van der Waals surface area (Å²) in [5.41, 5.74) is -0.268. The van der Waals surface area contributed by atoms with Crippen molar-refractivity contribution < 1.29 is 27.4 Å². The van der Waals surface area contributed by atoms with Gasteiger partial charge < -0.3 is 9.47 Å². The Kier molecular flexibility index (Phi) is 4.91. The molecular weight excluding hydrogens is 389 g/mol. The van der Waals surface area contributed by atoms with Crippen molar-refractivity contribution in [3.05, 3.63) is 53.6 Å². The highest BCUT2D eigenvalue weighted by molar-refractivity contribution is 5.96. The molecule has 0 bridgehead atoms. The summed E-state index contributed by atoms with van der Waals surface area (Å²) >= 11 is 0. The lowest BCUT2D eigenvalue weighted by atomic mass is 10.1. The van der Waals surface area contributed by atoms with E-state index in [4.69, 9.17) is 9.47 Å². The van der Waals surface area contributed by atoms with Crippen LogP contribution in [0.25, 0.3) is 11.4 Å². The molecule has 7 nitrogen and oxygen atoms in total. The molecule has 0 aliphatic carbocycles. The minimum Gasteiger partial charge on any atom is -0.490 e. The maximum atomic E-state index is 12.9. The van der Waals surface area contributed by atoms with E-state index < -0.39 is 11.7 Å². The fraction of sp³-hybridized carbons (Fsp3) is 0.263. The number of aromatic nitrogens is 4. The predicted molar refractivity (Wildman–Crippen MR) is 94.6 cm³/mol. The summed E-state index contributed by atoms with van der Waals surface area (Å²) in [6, 6.07) is 9.48. The lowest BCUT2D eigenvalue weighted by Crippen LogP contribution is -2.13. The molecule has 0 radical (unpaired) electrons. The van der Waals surface area contributed by atoms with E-state index in [2.05, 4.69) is 15.4 Å². The fourth-order valence-electron chi connectivity index (χ4n) is 2.82. The molecule has 1 aliphatic rings. The van der Waals surface area contributed by atoms with Gasteiger partial charge in [-0.05, 0) is 35.5 Å². The monoisotopic (exact) mass is 404 g/mol. The van der Waals surface area contributed by atoms with Crippen molar-refractivity contribution in [1.82, 2.24) is 20.2 Å². The zero-order valence-electron chi connectivity index (χ0n) is 15.0. The number of benzene rings is 2. The molecule has 0 amide bonds. The van der Waals surface area contributed by atoms with Crippen molar-refractivity contribution >= 4 is 5.78 Å². The van der Waals surface area contributed by atoms with E-state index in [1.165, 1.54) is 12.1 Å². The zero-order valence-corrected chi connectivity index (χ0v) is 15.0. The number of fused-ring (bicyclic) bond motifs is 1. The molecule has 0 atom stereocenters. The van der Waals surface area contributed by atoms with Crippen LogP contribution in [-0.4, -0.2) is 39.2 Å². The van der Waals surface area contributed by atoms with E-state index in [1.54, 1.807) is 18.2 Å². The lowest BCUT2D eigenvalue weighted by Gasteiger charge is -2.08. The summed E-state index contributed by atoms with van der Waals surface area (Å²) in [4.78, 5) is 13.6. The number of rotatable bonds is 4. The van der Waals surface area contributed by atoms with E-state index in [0.29, 0.717) is 30.3 Å². The summed E-state index contributed by atoms with van der Waals surface area (Å²) in [7, 11) is 0. The quantitative estimate of drug-likeness (QED) is 0.620. The van der Waals surface area contributed by atoms with E-state index in [0.717, 1.165) is 23.4 Å². The highest BCUT2D eigenvalue weighted by atomic mass is 19.4. The van der Waals surface area contributed by atoms with Crippen LogP contribution in [0.1, 0.15) is 22.3 Å². The van der Waals surface area contributed by atoms with Gasteiger partial charge in [0.15, 0.2) is 17.3 Å². The number of ketones is 1. The van der Waals surface area contributed by atoms with Gasteiger partial charge in [-0.25, -0.2) is 0 Å². The molecule has 10 heteroatoms. The maximum Gasteiger partial charge on any atom is 0.416 e. The van der Waals surface area contributed by atoms with Crippen LogP contribution < -0.4 is 9.47 Å². The number of Topliss-reactive ketones (excluding diaryl/α,β-unsaturated/α-hetero) is 1. The van der Waals surface area contributed by atoms with Crippen LogP contribution in [0, 0.1) is 0 Å². The zero-order chi connectivity index (χ0) is 20.4. The van der Waals surface area contributed by atoms with Gasteiger partial charge in [0, 0.05) is 17.5 Å². The Morgan fingerprint density at radius 1 is 1.07 bits per heavy atom. The topological polar surface area (TPSA) is 79.1 Å². The molecule has 0 saturated heterocycles. The summed E-state index contributed by atoms with van der Waals surface area (Å²) in [6.07, 6.45) is -3.72. The molecule has 4 rings (SSSR count). The van der Waals surface area contributed by atoms with Crippen molar-refractivity contribution in [2.75, 3.05) is 13.2 Å². The van der Waals surface area contributed by atoms with Crippen LogP contribution in [0.5, 0.6) is 11.5 Å². The molecule has 29 heavy (non-hydrogen) atoms. The van der Waals surface area contributed by atoms with Crippen LogP contribution in [0.3, 0.4) is 0 Å². The first kappa shape index (κ1) is 18.9. The molecule has 150 valence electrons. The molecule has 1 aromatic heterocycles. The second kappa shape index (κ2) is 7.53. The Morgan fingerprint density at radius 3 is 2.66 bits per heavy atom. The number of halogens is 3. The third kappa shape index (κ3) is 4.20. The Hall–Kier alpha value is -3.43. The average Bonchev–Trinajstić information content (AvgIpc) is 3.03. The molecule has 2 aromatic carbocycles. The van der Waals surface area contributed by atoms with Crippen molar-refractivity contribution in [3.63, 3.8) is 0 Å². The first-order valence-electron chi connectivity index (χ1n) is 8.78. The van der Waals surface area contributed by atoms with Crippen LogP contribution in [0.4, 0.5) is 13.2 Å². The third-order valence-corrected chi connectivity index (χ3v) is 4.26. The highest BCUT2D eigenvalue weighted by Crippen LogP contribution is 2.32. The van der Waals surface area contributed by atoms with Crippen molar-refractivity contribution in [2.45, 2.75) is 19.1 Å². The fourth-order valence-corrected chi connectivity index (χ4v) is 2.82. The van der Waals surface area contributed by atoms with Gasteiger partial charge in [0.2, 0.25) is 5.82 Å². The third-order valence-electron chi connectivity index (χ3n) is 4.26. The normalized spacial score (nSPS) is 13.8. The minimum absolute atomic E-state index is 0.00237. The molecule has 1 aliphatic heterocycles. The van der Waals surface area contributed by atoms with E-state index in [1.807, 2.05) is 0 Å². The molecule has 0 fully saturated rings. The van der Waals surface area contributed by atoms with Gasteiger partial charge in [0.05, 0.1) is 18.8 Å². The summed E-state index contributed by atoms with van der Waals surface area (Å²) in [6.45, 7) is 0.822.